The summed E-state index contributed by atoms with van der Waals surface area (Å²) < 4.78 is 0. The lowest BCUT2D eigenvalue weighted by Crippen LogP contribution is -2.59. The summed E-state index contributed by atoms with van der Waals surface area (Å²) in [6.45, 7) is 2.38. The number of hydrogen-bond acceptors (Lipinski definition) is 2. The maximum Gasteiger partial charge on any atom is 0.314 e. The van der Waals surface area contributed by atoms with Crippen molar-refractivity contribution in [3.8, 4) is 0 Å². The Kier molecular flexibility index (Phi) is 2.10. The number of rotatable bonds is 3. The fourth-order valence-electron chi connectivity index (χ4n) is 3.68. The Morgan fingerprint density at radius 1 is 1.05 bits per heavy atom. The van der Waals surface area contributed by atoms with Crippen LogP contribution < -0.4 is 4.90 Å². The summed E-state index contributed by atoms with van der Waals surface area (Å²) in [6.07, 6.45) is 5.75. The molecule has 1 N–H and O–H groups in total. The van der Waals surface area contributed by atoms with Gasteiger partial charge in [0.1, 0.15) is 0 Å². The molecule has 3 nitrogen and oxygen atoms in total. The van der Waals surface area contributed by atoms with Crippen molar-refractivity contribution in [1.29, 1.82) is 0 Å². The molecule has 3 aliphatic rings. The molecule has 100 valence electrons. The molecular formula is C16H19NO2. The molecule has 0 radical (unpaired) electrons. The highest BCUT2D eigenvalue weighted by Gasteiger charge is 2.52. The van der Waals surface area contributed by atoms with Crippen LogP contribution in [0.25, 0.3) is 0 Å². The molecule has 1 heterocycles. The van der Waals surface area contributed by atoms with E-state index >= 15 is 0 Å². The van der Waals surface area contributed by atoms with Crippen molar-refractivity contribution < 1.29 is 9.90 Å². The first kappa shape index (κ1) is 11.3. The van der Waals surface area contributed by atoms with Gasteiger partial charge in [0.25, 0.3) is 0 Å². The Labute approximate surface area is 113 Å². The zero-order chi connectivity index (χ0) is 13.1. The molecule has 1 aromatic carbocycles. The van der Waals surface area contributed by atoms with Crippen molar-refractivity contribution in [2.75, 3.05) is 18.0 Å². The van der Waals surface area contributed by atoms with Crippen LogP contribution in [-0.4, -0.2) is 24.2 Å². The molecule has 19 heavy (non-hydrogen) atoms. The maximum atomic E-state index is 11.3. The van der Waals surface area contributed by atoms with Gasteiger partial charge in [0, 0.05) is 24.2 Å². The van der Waals surface area contributed by atoms with Gasteiger partial charge in [-0.1, -0.05) is 18.6 Å². The molecular weight excluding hydrogens is 238 g/mol. The molecule has 0 bridgehead atoms. The SMILES string of the molecule is O=C(O)C1(c2ccc(N3CC4(CCC4)C3)cc2)CC1. The third-order valence-corrected chi connectivity index (χ3v) is 5.41. The minimum Gasteiger partial charge on any atom is -0.481 e. The van der Waals surface area contributed by atoms with E-state index in [1.54, 1.807) is 0 Å². The van der Waals surface area contributed by atoms with Gasteiger partial charge in [-0.2, -0.15) is 0 Å². The number of carbonyl (C=O) groups is 1. The molecule has 0 unspecified atom stereocenters. The first-order chi connectivity index (χ1) is 9.14. The highest BCUT2D eigenvalue weighted by atomic mass is 16.4. The lowest BCUT2D eigenvalue weighted by Gasteiger charge is -2.57. The smallest absolute Gasteiger partial charge is 0.314 e. The van der Waals surface area contributed by atoms with Crippen LogP contribution in [0.3, 0.4) is 0 Å². The number of carboxylic acid groups (broad SMARTS) is 1. The number of carboxylic acids is 1. The number of anilines is 1. The third kappa shape index (κ3) is 1.54. The molecule has 1 saturated heterocycles. The summed E-state index contributed by atoms with van der Waals surface area (Å²) in [4.78, 5) is 13.7. The number of aliphatic carboxylic acids is 1. The topological polar surface area (TPSA) is 40.5 Å². The zero-order valence-corrected chi connectivity index (χ0v) is 11.1. The summed E-state index contributed by atoms with van der Waals surface area (Å²) in [7, 11) is 0. The molecule has 1 aromatic rings. The second-order valence-corrected chi connectivity index (χ2v) is 6.64. The number of hydrogen-bond donors (Lipinski definition) is 1. The summed E-state index contributed by atoms with van der Waals surface area (Å²) in [5, 5.41) is 9.29. The van der Waals surface area contributed by atoms with Gasteiger partial charge >= 0.3 is 5.97 Å². The van der Waals surface area contributed by atoms with E-state index in [2.05, 4.69) is 17.0 Å². The van der Waals surface area contributed by atoms with Gasteiger partial charge in [0.15, 0.2) is 0 Å². The number of nitrogens with zero attached hydrogens (tertiary/aromatic N) is 1. The lowest BCUT2D eigenvalue weighted by atomic mass is 9.63. The van der Waals surface area contributed by atoms with E-state index < -0.39 is 11.4 Å². The summed E-state index contributed by atoms with van der Waals surface area (Å²) in [6, 6.07) is 8.23. The molecule has 2 saturated carbocycles. The van der Waals surface area contributed by atoms with Gasteiger partial charge in [-0.15, -0.1) is 0 Å². The first-order valence-electron chi connectivity index (χ1n) is 7.23. The fraction of sp³-hybridized carbons (Fsp3) is 0.562. The van der Waals surface area contributed by atoms with Gasteiger partial charge in [0.2, 0.25) is 0 Å². The van der Waals surface area contributed by atoms with Crippen LogP contribution in [-0.2, 0) is 10.2 Å². The van der Waals surface area contributed by atoms with E-state index in [4.69, 9.17) is 0 Å². The van der Waals surface area contributed by atoms with Crippen LogP contribution in [0, 0.1) is 5.41 Å². The first-order valence-corrected chi connectivity index (χ1v) is 7.23. The molecule has 3 heteroatoms. The van der Waals surface area contributed by atoms with Crippen LogP contribution in [0.15, 0.2) is 24.3 Å². The molecule has 2 aliphatic carbocycles. The van der Waals surface area contributed by atoms with Crippen LogP contribution in [0.4, 0.5) is 5.69 Å². The highest BCUT2D eigenvalue weighted by molar-refractivity contribution is 5.85. The summed E-state index contributed by atoms with van der Waals surface area (Å²) >= 11 is 0. The highest BCUT2D eigenvalue weighted by Crippen LogP contribution is 2.51. The molecule has 4 rings (SSSR count). The standard InChI is InChI=1S/C16H19NO2/c18-14(19)16(8-9-16)12-2-4-13(5-3-12)17-10-15(11-17)6-1-7-15/h2-5H,1,6-11H2,(H,18,19). The largest absolute Gasteiger partial charge is 0.481 e. The van der Waals surface area contributed by atoms with Gasteiger partial charge in [-0.25, -0.2) is 0 Å². The molecule has 1 aliphatic heterocycles. The van der Waals surface area contributed by atoms with E-state index in [1.165, 1.54) is 38.0 Å². The predicted molar refractivity (Wildman–Crippen MR) is 73.5 cm³/mol. The monoisotopic (exact) mass is 257 g/mol. The van der Waals surface area contributed by atoms with Crippen molar-refractivity contribution in [3.63, 3.8) is 0 Å². The Morgan fingerprint density at radius 2 is 1.68 bits per heavy atom. The van der Waals surface area contributed by atoms with Crippen LogP contribution in [0.1, 0.15) is 37.7 Å². The molecule has 0 aromatic heterocycles. The number of benzene rings is 1. The van der Waals surface area contributed by atoms with Crippen LogP contribution in [0.5, 0.6) is 0 Å². The normalized spacial score (nSPS) is 25.6. The zero-order valence-electron chi connectivity index (χ0n) is 11.1. The minimum absolute atomic E-state index is 0.567. The van der Waals surface area contributed by atoms with Crippen molar-refractivity contribution in [1.82, 2.24) is 0 Å². The van der Waals surface area contributed by atoms with Crippen molar-refractivity contribution in [3.05, 3.63) is 29.8 Å². The average molecular weight is 257 g/mol. The maximum absolute atomic E-state index is 11.3. The Bertz CT molecular complexity index is 518. The lowest BCUT2D eigenvalue weighted by molar-refractivity contribution is -0.140. The fourth-order valence-corrected chi connectivity index (χ4v) is 3.68. The van der Waals surface area contributed by atoms with Gasteiger partial charge in [0.05, 0.1) is 5.41 Å². The van der Waals surface area contributed by atoms with Gasteiger partial charge in [-0.3, -0.25) is 4.79 Å². The van der Waals surface area contributed by atoms with Crippen LogP contribution >= 0.6 is 0 Å². The third-order valence-electron chi connectivity index (χ3n) is 5.41. The average Bonchev–Trinajstić information content (AvgIpc) is 3.07. The predicted octanol–water partition coefficient (Wildman–Crippen LogP) is 2.79. The van der Waals surface area contributed by atoms with Crippen molar-refractivity contribution >= 4 is 11.7 Å². The van der Waals surface area contributed by atoms with E-state index in [1.807, 2.05) is 12.1 Å². The Morgan fingerprint density at radius 3 is 2.11 bits per heavy atom. The van der Waals surface area contributed by atoms with Gasteiger partial charge in [-0.05, 0) is 43.4 Å². The van der Waals surface area contributed by atoms with E-state index in [9.17, 15) is 9.90 Å². The van der Waals surface area contributed by atoms with E-state index in [0.29, 0.717) is 5.41 Å². The molecule has 3 fully saturated rings. The second kappa shape index (κ2) is 3.53. The van der Waals surface area contributed by atoms with E-state index in [-0.39, 0.29) is 0 Å². The Hall–Kier alpha value is -1.51. The molecule has 1 spiro atoms. The summed E-state index contributed by atoms with van der Waals surface area (Å²) in [5.74, 6) is -0.669. The second-order valence-electron chi connectivity index (χ2n) is 6.64. The van der Waals surface area contributed by atoms with Crippen molar-refractivity contribution in [2.45, 2.75) is 37.5 Å². The quantitative estimate of drug-likeness (QED) is 0.905. The van der Waals surface area contributed by atoms with E-state index in [0.717, 1.165) is 18.4 Å². The minimum atomic E-state index is -0.669. The van der Waals surface area contributed by atoms with Gasteiger partial charge < -0.3 is 10.0 Å². The van der Waals surface area contributed by atoms with Crippen molar-refractivity contribution in [2.24, 2.45) is 5.41 Å². The molecule has 0 atom stereocenters. The summed E-state index contributed by atoms with van der Waals surface area (Å²) in [5.41, 5.74) is 2.30. The Balaban J connectivity index is 1.49. The van der Waals surface area contributed by atoms with Crippen LogP contribution in [0.2, 0.25) is 0 Å². The molecule has 0 amide bonds.